The van der Waals surface area contributed by atoms with Crippen molar-refractivity contribution in [3.05, 3.63) is 33.3 Å². The number of benzene rings is 1. The lowest BCUT2D eigenvalue weighted by Crippen LogP contribution is -2.37. The molecular formula is C13H15BrClNO2. The molecule has 1 aromatic rings. The van der Waals surface area contributed by atoms with Gasteiger partial charge in [-0.1, -0.05) is 24.1 Å². The van der Waals surface area contributed by atoms with Crippen LogP contribution in [0.15, 0.2) is 22.7 Å². The van der Waals surface area contributed by atoms with Crippen molar-refractivity contribution in [3.63, 3.8) is 0 Å². The molecule has 1 heterocycles. The molecule has 18 heavy (non-hydrogen) atoms. The second-order valence-corrected chi connectivity index (χ2v) is 5.77. The zero-order valence-electron chi connectivity index (χ0n) is 9.90. The predicted molar refractivity (Wildman–Crippen MR) is 75.0 cm³/mol. The van der Waals surface area contributed by atoms with Gasteiger partial charge in [-0.25, -0.2) is 0 Å². The van der Waals surface area contributed by atoms with Crippen LogP contribution in [-0.2, 0) is 4.79 Å². The quantitative estimate of drug-likeness (QED) is 0.917. The first kappa shape index (κ1) is 13.8. The van der Waals surface area contributed by atoms with Gasteiger partial charge in [0.1, 0.15) is 6.04 Å². The van der Waals surface area contributed by atoms with Crippen LogP contribution in [0.1, 0.15) is 30.9 Å². The molecule has 1 atom stereocenters. The third kappa shape index (κ3) is 3.05. The molecule has 1 aromatic carbocycles. The Kier molecular flexibility index (Phi) is 4.65. The van der Waals surface area contributed by atoms with E-state index in [1.165, 1.54) is 6.42 Å². The van der Waals surface area contributed by atoms with Crippen LogP contribution in [-0.4, -0.2) is 29.1 Å². The number of carbonyl (C=O) groups is 1. The number of hydrogen-bond donors (Lipinski definition) is 1. The SMILES string of the molecule is O=C(O)C(c1ccc(Cl)c(Br)c1)N1CCCCC1. The zero-order chi connectivity index (χ0) is 13.1. The van der Waals surface area contributed by atoms with Gasteiger partial charge in [0, 0.05) is 4.47 Å². The molecule has 0 aliphatic carbocycles. The number of rotatable bonds is 3. The van der Waals surface area contributed by atoms with E-state index >= 15 is 0 Å². The van der Waals surface area contributed by atoms with E-state index in [1.807, 2.05) is 4.90 Å². The number of carboxylic acids is 1. The maximum atomic E-state index is 11.5. The highest BCUT2D eigenvalue weighted by Gasteiger charge is 2.28. The fourth-order valence-corrected chi connectivity index (χ4v) is 2.88. The number of likely N-dealkylation sites (tertiary alicyclic amines) is 1. The highest BCUT2D eigenvalue weighted by Crippen LogP contribution is 2.30. The summed E-state index contributed by atoms with van der Waals surface area (Å²) < 4.78 is 0.741. The van der Waals surface area contributed by atoms with Crippen LogP contribution in [0.3, 0.4) is 0 Å². The van der Waals surface area contributed by atoms with Crippen molar-refractivity contribution in [1.82, 2.24) is 4.90 Å². The fraction of sp³-hybridized carbons (Fsp3) is 0.462. The minimum atomic E-state index is -0.800. The Labute approximate surface area is 120 Å². The molecule has 1 aliphatic heterocycles. The minimum absolute atomic E-state index is 0.570. The Hall–Kier alpha value is -0.580. The maximum absolute atomic E-state index is 11.5. The average Bonchev–Trinajstić information content (AvgIpc) is 2.35. The molecule has 1 aliphatic rings. The first-order valence-corrected chi connectivity index (χ1v) is 7.18. The summed E-state index contributed by atoms with van der Waals surface area (Å²) in [6, 6.07) is 4.76. The molecule has 0 spiro atoms. The van der Waals surface area contributed by atoms with Gasteiger partial charge in [-0.3, -0.25) is 9.69 Å². The lowest BCUT2D eigenvalue weighted by atomic mass is 10.0. The molecule has 0 aromatic heterocycles. The van der Waals surface area contributed by atoms with Gasteiger partial charge in [-0.05, 0) is 59.6 Å². The second-order valence-electron chi connectivity index (χ2n) is 4.51. The van der Waals surface area contributed by atoms with E-state index in [4.69, 9.17) is 11.6 Å². The lowest BCUT2D eigenvalue weighted by Gasteiger charge is -2.32. The van der Waals surface area contributed by atoms with Crippen molar-refractivity contribution < 1.29 is 9.90 Å². The van der Waals surface area contributed by atoms with E-state index in [0.717, 1.165) is 36.0 Å². The zero-order valence-corrected chi connectivity index (χ0v) is 12.2. The van der Waals surface area contributed by atoms with Crippen molar-refractivity contribution in [2.24, 2.45) is 0 Å². The summed E-state index contributed by atoms with van der Waals surface area (Å²) in [5.74, 6) is -0.800. The lowest BCUT2D eigenvalue weighted by molar-refractivity contribution is -0.144. The Bertz CT molecular complexity index is 447. The number of nitrogens with zero attached hydrogens (tertiary/aromatic N) is 1. The third-order valence-corrected chi connectivity index (χ3v) is 4.46. The molecule has 1 N–H and O–H groups in total. The minimum Gasteiger partial charge on any atom is -0.480 e. The second kappa shape index (κ2) is 6.04. The largest absolute Gasteiger partial charge is 0.480 e. The summed E-state index contributed by atoms with van der Waals surface area (Å²) in [5, 5.41) is 10.0. The number of halogens is 2. The smallest absolute Gasteiger partial charge is 0.325 e. The molecule has 0 saturated carbocycles. The van der Waals surface area contributed by atoms with E-state index in [1.54, 1.807) is 18.2 Å². The monoisotopic (exact) mass is 331 g/mol. The van der Waals surface area contributed by atoms with Crippen LogP contribution in [0.5, 0.6) is 0 Å². The number of carboxylic acid groups (broad SMARTS) is 1. The van der Waals surface area contributed by atoms with Crippen LogP contribution in [0.25, 0.3) is 0 Å². The van der Waals surface area contributed by atoms with Gasteiger partial charge in [0.2, 0.25) is 0 Å². The summed E-state index contributed by atoms with van der Waals surface area (Å²) in [4.78, 5) is 13.5. The molecule has 2 rings (SSSR count). The van der Waals surface area contributed by atoms with Crippen LogP contribution < -0.4 is 0 Å². The Morgan fingerprint density at radius 2 is 2.00 bits per heavy atom. The third-order valence-electron chi connectivity index (χ3n) is 3.25. The summed E-state index contributed by atoms with van der Waals surface area (Å²) in [7, 11) is 0. The van der Waals surface area contributed by atoms with Gasteiger partial charge in [0.05, 0.1) is 5.02 Å². The Balaban J connectivity index is 2.28. The normalized spacial score (nSPS) is 18.6. The fourth-order valence-electron chi connectivity index (χ4n) is 2.37. The van der Waals surface area contributed by atoms with Crippen LogP contribution in [0, 0.1) is 0 Å². The van der Waals surface area contributed by atoms with Gasteiger partial charge in [0.15, 0.2) is 0 Å². The van der Waals surface area contributed by atoms with E-state index in [9.17, 15) is 9.90 Å². The Morgan fingerprint density at radius 1 is 1.33 bits per heavy atom. The van der Waals surface area contributed by atoms with Crippen molar-refractivity contribution in [1.29, 1.82) is 0 Å². The first-order chi connectivity index (χ1) is 8.59. The van der Waals surface area contributed by atoms with E-state index in [-0.39, 0.29) is 0 Å². The summed E-state index contributed by atoms with van der Waals surface area (Å²) >= 11 is 9.29. The summed E-state index contributed by atoms with van der Waals surface area (Å²) in [6.07, 6.45) is 3.32. The van der Waals surface area contributed by atoms with Gasteiger partial charge in [0.25, 0.3) is 0 Å². The van der Waals surface area contributed by atoms with Crippen molar-refractivity contribution in [3.8, 4) is 0 Å². The highest BCUT2D eigenvalue weighted by atomic mass is 79.9. The van der Waals surface area contributed by atoms with E-state index in [2.05, 4.69) is 15.9 Å². The van der Waals surface area contributed by atoms with Crippen LogP contribution in [0.2, 0.25) is 5.02 Å². The molecule has 0 radical (unpaired) electrons. The average molecular weight is 333 g/mol. The molecule has 98 valence electrons. The molecule has 0 bridgehead atoms. The van der Waals surface area contributed by atoms with E-state index < -0.39 is 12.0 Å². The van der Waals surface area contributed by atoms with Crippen molar-refractivity contribution in [2.75, 3.05) is 13.1 Å². The van der Waals surface area contributed by atoms with Crippen molar-refractivity contribution in [2.45, 2.75) is 25.3 Å². The molecule has 3 nitrogen and oxygen atoms in total. The van der Waals surface area contributed by atoms with Crippen LogP contribution in [0.4, 0.5) is 0 Å². The molecule has 1 fully saturated rings. The molecule has 1 saturated heterocycles. The Morgan fingerprint density at radius 3 is 2.56 bits per heavy atom. The highest BCUT2D eigenvalue weighted by molar-refractivity contribution is 9.10. The predicted octanol–water partition coefficient (Wildman–Crippen LogP) is 3.71. The molecular weight excluding hydrogens is 318 g/mol. The maximum Gasteiger partial charge on any atom is 0.325 e. The summed E-state index contributed by atoms with van der Waals surface area (Å²) in [5.41, 5.74) is 0.778. The molecule has 0 amide bonds. The molecule has 1 unspecified atom stereocenters. The first-order valence-electron chi connectivity index (χ1n) is 6.01. The van der Waals surface area contributed by atoms with Crippen molar-refractivity contribution >= 4 is 33.5 Å². The topological polar surface area (TPSA) is 40.5 Å². The summed E-state index contributed by atoms with van der Waals surface area (Å²) in [6.45, 7) is 1.69. The van der Waals surface area contributed by atoms with Gasteiger partial charge in [-0.2, -0.15) is 0 Å². The number of piperidine rings is 1. The van der Waals surface area contributed by atoms with E-state index in [0.29, 0.717) is 5.02 Å². The van der Waals surface area contributed by atoms with Crippen LogP contribution >= 0.6 is 27.5 Å². The number of hydrogen-bond acceptors (Lipinski definition) is 2. The van der Waals surface area contributed by atoms with Gasteiger partial charge in [-0.15, -0.1) is 0 Å². The number of aliphatic carboxylic acids is 1. The molecule has 5 heteroatoms. The van der Waals surface area contributed by atoms with Gasteiger partial charge >= 0.3 is 5.97 Å². The standard InChI is InChI=1S/C13H15BrClNO2/c14-10-8-9(4-5-11(10)15)12(13(17)18)16-6-2-1-3-7-16/h4-5,8,12H,1-3,6-7H2,(H,17,18). The van der Waals surface area contributed by atoms with Gasteiger partial charge < -0.3 is 5.11 Å².